The zero-order valence-electron chi connectivity index (χ0n) is 11.7. The molecule has 2 rings (SSSR count). The van der Waals surface area contributed by atoms with E-state index in [2.05, 4.69) is 9.97 Å². The zero-order chi connectivity index (χ0) is 15.8. The summed E-state index contributed by atoms with van der Waals surface area (Å²) >= 11 is 1.97. The monoisotopic (exact) mass is 333 g/mol. The minimum atomic E-state index is -4.39. The van der Waals surface area contributed by atoms with Crippen LogP contribution in [0.2, 0.25) is 0 Å². The number of hydrogen-bond donors (Lipinski definition) is 1. The molecule has 0 aromatic carbocycles. The fourth-order valence-corrected chi connectivity index (χ4v) is 3.27. The molecule has 2 N–H and O–H groups in total. The van der Waals surface area contributed by atoms with Gasteiger partial charge in [0.05, 0.1) is 16.3 Å². The van der Waals surface area contributed by atoms with Crippen molar-refractivity contribution >= 4 is 28.2 Å². The second kappa shape index (κ2) is 5.49. The number of thiazole rings is 1. The lowest BCUT2D eigenvalue weighted by molar-refractivity contribution is -0.158. The van der Waals surface area contributed by atoms with E-state index >= 15 is 0 Å². The average Bonchev–Trinajstić information content (AvgIpc) is 2.75. The van der Waals surface area contributed by atoms with Crippen molar-refractivity contribution in [2.45, 2.75) is 24.8 Å². The number of nitrogen functional groups attached to an aromatic ring is 1. The minimum absolute atomic E-state index is 0.0219. The lowest BCUT2D eigenvalue weighted by Crippen LogP contribution is -2.36. The third-order valence-corrected chi connectivity index (χ3v) is 5.57. The highest BCUT2D eigenvalue weighted by Crippen LogP contribution is 2.48. The number of hydrogen-bond acceptors (Lipinski definition) is 5. The van der Waals surface area contributed by atoms with Crippen molar-refractivity contribution in [3.8, 4) is 10.4 Å². The van der Waals surface area contributed by atoms with Crippen LogP contribution in [0.5, 0.6) is 0 Å². The number of nitrogens with zero attached hydrogens (tertiary/aromatic N) is 2. The first-order valence-corrected chi connectivity index (χ1v) is 8.05. The van der Waals surface area contributed by atoms with Crippen molar-refractivity contribution < 1.29 is 13.2 Å². The molecule has 0 saturated carbocycles. The second-order valence-corrected chi connectivity index (χ2v) is 6.89. The Morgan fingerprint density at radius 2 is 2.00 bits per heavy atom. The molecule has 114 valence electrons. The van der Waals surface area contributed by atoms with Crippen LogP contribution in [0.1, 0.15) is 18.3 Å². The lowest BCUT2D eigenvalue weighted by Gasteiger charge is -2.29. The molecule has 0 amide bonds. The number of aryl methyl sites for hydroxylation is 1. The highest BCUT2D eigenvalue weighted by Gasteiger charge is 2.53. The SMILES string of the molecule is CSC(C)(c1cc(-c2sc(N)nc2C)ccn1)C(F)(F)F. The number of aromatic nitrogens is 2. The van der Waals surface area contributed by atoms with E-state index in [1.807, 2.05) is 0 Å². The molecule has 2 aromatic rings. The molecule has 21 heavy (non-hydrogen) atoms. The van der Waals surface area contributed by atoms with E-state index in [9.17, 15) is 13.2 Å². The van der Waals surface area contributed by atoms with Gasteiger partial charge in [0.2, 0.25) is 0 Å². The number of alkyl halides is 3. The van der Waals surface area contributed by atoms with Crippen molar-refractivity contribution in [1.29, 1.82) is 0 Å². The van der Waals surface area contributed by atoms with Crippen molar-refractivity contribution in [3.63, 3.8) is 0 Å². The molecule has 1 atom stereocenters. The molecule has 0 spiro atoms. The van der Waals surface area contributed by atoms with Crippen molar-refractivity contribution in [3.05, 3.63) is 29.7 Å². The number of pyridine rings is 1. The van der Waals surface area contributed by atoms with E-state index in [-0.39, 0.29) is 5.69 Å². The standard InChI is InChI=1S/C13H14F3N3S2/c1-7-10(21-11(17)19-7)8-4-5-18-9(6-8)12(2,20-3)13(14,15)16/h4-6H,1-3H3,(H2,17,19). The largest absolute Gasteiger partial charge is 0.408 e. The molecular formula is C13H14F3N3S2. The van der Waals surface area contributed by atoms with Crippen LogP contribution in [0.15, 0.2) is 18.3 Å². The summed E-state index contributed by atoms with van der Waals surface area (Å²) in [6, 6.07) is 3.13. The summed E-state index contributed by atoms with van der Waals surface area (Å²) in [4.78, 5) is 8.79. The first-order valence-electron chi connectivity index (χ1n) is 6.00. The molecule has 8 heteroatoms. The highest BCUT2D eigenvalue weighted by atomic mass is 32.2. The number of thioether (sulfide) groups is 1. The van der Waals surface area contributed by atoms with Gasteiger partial charge in [0.25, 0.3) is 0 Å². The molecule has 3 nitrogen and oxygen atoms in total. The number of nitrogens with two attached hydrogens (primary N) is 1. The van der Waals surface area contributed by atoms with Gasteiger partial charge < -0.3 is 5.73 Å². The Kier molecular flexibility index (Phi) is 4.21. The molecule has 2 aromatic heterocycles. The molecular weight excluding hydrogens is 319 g/mol. The molecule has 0 saturated heterocycles. The van der Waals surface area contributed by atoms with Gasteiger partial charge >= 0.3 is 6.18 Å². The average molecular weight is 333 g/mol. The molecule has 1 unspecified atom stereocenters. The molecule has 0 fully saturated rings. The Labute approximate surface area is 128 Å². The van der Waals surface area contributed by atoms with Gasteiger partial charge in [0.15, 0.2) is 9.88 Å². The van der Waals surface area contributed by atoms with E-state index in [0.717, 1.165) is 23.6 Å². The van der Waals surface area contributed by atoms with Crippen LogP contribution in [0, 0.1) is 6.92 Å². The van der Waals surface area contributed by atoms with Gasteiger partial charge in [-0.1, -0.05) is 11.3 Å². The summed E-state index contributed by atoms with van der Waals surface area (Å²) in [6.45, 7) is 2.91. The van der Waals surface area contributed by atoms with Gasteiger partial charge in [-0.25, -0.2) is 4.98 Å². The van der Waals surface area contributed by atoms with Crippen LogP contribution < -0.4 is 5.73 Å². The maximum atomic E-state index is 13.3. The molecule has 2 heterocycles. The fourth-order valence-electron chi connectivity index (χ4n) is 1.88. The van der Waals surface area contributed by atoms with Crippen LogP contribution in [0.25, 0.3) is 10.4 Å². The van der Waals surface area contributed by atoms with E-state index in [1.54, 1.807) is 13.0 Å². The first-order chi connectivity index (χ1) is 9.69. The van der Waals surface area contributed by atoms with E-state index < -0.39 is 10.9 Å². The molecule has 0 radical (unpaired) electrons. The first kappa shape index (κ1) is 16.1. The van der Waals surface area contributed by atoms with Crippen LogP contribution in [0.4, 0.5) is 18.3 Å². The van der Waals surface area contributed by atoms with Gasteiger partial charge in [-0.3, -0.25) is 4.98 Å². The summed E-state index contributed by atoms with van der Waals surface area (Å²) < 4.78 is 37.9. The topological polar surface area (TPSA) is 51.8 Å². The predicted octanol–water partition coefficient (Wildman–Crippen LogP) is 4.24. The number of rotatable bonds is 3. The Morgan fingerprint density at radius 1 is 1.33 bits per heavy atom. The van der Waals surface area contributed by atoms with Crippen LogP contribution in [0.3, 0.4) is 0 Å². The van der Waals surface area contributed by atoms with Gasteiger partial charge in [-0.15, -0.1) is 11.8 Å². The Balaban J connectivity index is 2.54. The quantitative estimate of drug-likeness (QED) is 0.913. The zero-order valence-corrected chi connectivity index (χ0v) is 13.3. The molecule has 0 aliphatic heterocycles. The number of halogens is 3. The lowest BCUT2D eigenvalue weighted by atomic mass is 10.0. The van der Waals surface area contributed by atoms with Gasteiger partial charge in [0, 0.05) is 6.20 Å². The number of anilines is 1. The maximum Gasteiger partial charge on any atom is 0.408 e. The predicted molar refractivity (Wildman–Crippen MR) is 81.4 cm³/mol. The summed E-state index contributed by atoms with van der Waals surface area (Å²) in [7, 11) is 0. The third kappa shape index (κ3) is 2.87. The highest BCUT2D eigenvalue weighted by molar-refractivity contribution is 7.99. The fraction of sp³-hybridized carbons (Fsp3) is 0.385. The van der Waals surface area contributed by atoms with Crippen LogP contribution in [-0.4, -0.2) is 22.4 Å². The van der Waals surface area contributed by atoms with Gasteiger partial charge in [0.1, 0.15) is 0 Å². The molecule has 0 bridgehead atoms. The smallest absolute Gasteiger partial charge is 0.375 e. The summed E-state index contributed by atoms with van der Waals surface area (Å²) in [5.74, 6) is 0. The van der Waals surface area contributed by atoms with Gasteiger partial charge in [-0.05, 0) is 37.8 Å². The molecule has 0 aliphatic rings. The summed E-state index contributed by atoms with van der Waals surface area (Å²) in [6.07, 6.45) is -1.57. The van der Waals surface area contributed by atoms with Crippen molar-refractivity contribution in [2.24, 2.45) is 0 Å². The van der Waals surface area contributed by atoms with Crippen molar-refractivity contribution in [1.82, 2.24) is 9.97 Å². The van der Waals surface area contributed by atoms with Gasteiger partial charge in [-0.2, -0.15) is 13.2 Å². The Morgan fingerprint density at radius 3 is 2.48 bits per heavy atom. The van der Waals surface area contributed by atoms with Crippen LogP contribution in [-0.2, 0) is 4.75 Å². The van der Waals surface area contributed by atoms with Crippen molar-refractivity contribution in [2.75, 3.05) is 12.0 Å². The summed E-state index contributed by atoms with van der Waals surface area (Å²) in [5, 5.41) is 0.393. The second-order valence-electron chi connectivity index (χ2n) is 4.63. The molecule has 0 aliphatic carbocycles. The van der Waals surface area contributed by atoms with E-state index in [0.29, 0.717) is 16.4 Å². The summed E-state index contributed by atoms with van der Waals surface area (Å²) in [5.41, 5.74) is 6.97. The Bertz CT molecular complexity index is 654. The van der Waals surface area contributed by atoms with E-state index in [4.69, 9.17) is 5.73 Å². The normalized spacial score (nSPS) is 15.0. The maximum absolute atomic E-state index is 13.3. The van der Waals surface area contributed by atoms with Crippen LogP contribution >= 0.6 is 23.1 Å². The minimum Gasteiger partial charge on any atom is -0.375 e. The Hall–Kier alpha value is -1.28. The van der Waals surface area contributed by atoms with E-state index in [1.165, 1.54) is 29.9 Å². The third-order valence-electron chi connectivity index (χ3n) is 3.27.